The number of urea groups is 1. The van der Waals surface area contributed by atoms with Crippen molar-refractivity contribution in [3.8, 4) is 0 Å². The van der Waals surface area contributed by atoms with Gasteiger partial charge in [-0.2, -0.15) is 0 Å². The van der Waals surface area contributed by atoms with Crippen LogP contribution in [0.1, 0.15) is 23.1 Å². The van der Waals surface area contributed by atoms with Crippen LogP contribution < -0.4 is 10.6 Å². The maximum atomic E-state index is 13.4. The molecule has 0 radical (unpaired) electrons. The molecule has 2 aliphatic rings. The van der Waals surface area contributed by atoms with Crippen molar-refractivity contribution in [2.45, 2.75) is 25.3 Å². The Hall–Kier alpha value is -3.22. The molecule has 1 atom stereocenters. The van der Waals surface area contributed by atoms with Crippen molar-refractivity contribution in [3.05, 3.63) is 65.0 Å². The van der Waals surface area contributed by atoms with Crippen LogP contribution in [0.25, 0.3) is 0 Å². The van der Waals surface area contributed by atoms with Gasteiger partial charge in [-0.15, -0.1) is 0 Å². The normalized spacial score (nSPS) is 20.7. The third kappa shape index (κ3) is 2.75. The lowest BCUT2D eigenvalue weighted by molar-refractivity contribution is -0.134. The maximum Gasteiger partial charge on any atom is 0.325 e. The molecule has 1 fully saturated rings. The van der Waals surface area contributed by atoms with E-state index in [0.717, 1.165) is 16.0 Å². The fraction of sp³-hybridized carbons (Fsp3) is 0.250. The molecule has 1 spiro atoms. The average molecular weight is 367 g/mol. The molecular weight excluding hydrogens is 349 g/mol. The lowest BCUT2D eigenvalue weighted by Gasteiger charge is -2.22. The van der Waals surface area contributed by atoms with E-state index in [1.54, 1.807) is 13.0 Å². The molecule has 1 unspecified atom stereocenters. The average Bonchev–Trinajstić information content (AvgIpc) is 3.12. The molecule has 138 valence electrons. The summed E-state index contributed by atoms with van der Waals surface area (Å²) < 4.78 is 13.4. The van der Waals surface area contributed by atoms with Crippen molar-refractivity contribution in [1.29, 1.82) is 0 Å². The topological polar surface area (TPSA) is 78.5 Å². The smallest absolute Gasteiger partial charge is 0.324 e. The summed E-state index contributed by atoms with van der Waals surface area (Å²) in [6.07, 6.45) is 1.16. The highest BCUT2D eigenvalue weighted by atomic mass is 19.1. The first-order valence-electron chi connectivity index (χ1n) is 8.69. The van der Waals surface area contributed by atoms with Gasteiger partial charge in [0, 0.05) is 5.69 Å². The van der Waals surface area contributed by atoms with Crippen LogP contribution in [-0.4, -0.2) is 29.3 Å². The summed E-state index contributed by atoms with van der Waals surface area (Å²) in [4.78, 5) is 38.7. The van der Waals surface area contributed by atoms with Gasteiger partial charge >= 0.3 is 6.03 Å². The van der Waals surface area contributed by atoms with Crippen LogP contribution in [-0.2, 0) is 21.5 Å². The van der Waals surface area contributed by atoms with Crippen LogP contribution in [0.3, 0.4) is 0 Å². The Morgan fingerprint density at radius 1 is 1.26 bits per heavy atom. The van der Waals surface area contributed by atoms with Gasteiger partial charge in [0.05, 0.1) is 0 Å². The molecule has 6 nitrogen and oxygen atoms in total. The van der Waals surface area contributed by atoms with Crippen LogP contribution in [0.2, 0.25) is 0 Å². The first-order chi connectivity index (χ1) is 12.9. The van der Waals surface area contributed by atoms with E-state index in [9.17, 15) is 18.8 Å². The van der Waals surface area contributed by atoms with Gasteiger partial charge in [-0.3, -0.25) is 14.5 Å². The number of fused-ring (bicyclic) bond motifs is 2. The zero-order valence-corrected chi connectivity index (χ0v) is 14.7. The Morgan fingerprint density at radius 3 is 2.85 bits per heavy atom. The molecule has 1 saturated heterocycles. The number of halogens is 1. The number of nitrogens with one attached hydrogen (secondary N) is 2. The predicted molar refractivity (Wildman–Crippen MR) is 96.5 cm³/mol. The van der Waals surface area contributed by atoms with Gasteiger partial charge < -0.3 is 10.6 Å². The Balaban J connectivity index is 1.54. The standard InChI is InChI=1S/C20H18FN3O3/c1-12-6-7-14(21)10-16(12)22-17(25)11-24-18(26)20(23-19(24)27)9-8-13-4-2-3-5-15(13)20/h2-7,10H,8-9,11H2,1H3,(H,22,25)(H,23,27). The quantitative estimate of drug-likeness (QED) is 0.818. The fourth-order valence-corrected chi connectivity index (χ4v) is 3.80. The highest BCUT2D eigenvalue weighted by molar-refractivity contribution is 6.11. The van der Waals surface area contributed by atoms with E-state index in [1.807, 2.05) is 24.3 Å². The van der Waals surface area contributed by atoms with Crippen LogP contribution >= 0.6 is 0 Å². The largest absolute Gasteiger partial charge is 0.325 e. The molecule has 7 heteroatoms. The van der Waals surface area contributed by atoms with Crippen LogP contribution in [0.5, 0.6) is 0 Å². The van der Waals surface area contributed by atoms with Crippen LogP contribution in [0.4, 0.5) is 14.9 Å². The maximum absolute atomic E-state index is 13.4. The Bertz CT molecular complexity index is 975. The summed E-state index contributed by atoms with van der Waals surface area (Å²) in [5.41, 5.74) is 1.71. The third-order valence-electron chi connectivity index (χ3n) is 5.20. The Labute approximate surface area is 155 Å². The number of nitrogens with zero attached hydrogens (tertiary/aromatic N) is 1. The highest BCUT2D eigenvalue weighted by Gasteiger charge is 2.55. The van der Waals surface area contributed by atoms with Crippen molar-refractivity contribution in [2.75, 3.05) is 11.9 Å². The van der Waals surface area contributed by atoms with E-state index in [2.05, 4.69) is 10.6 Å². The Morgan fingerprint density at radius 2 is 2.04 bits per heavy atom. The van der Waals surface area contributed by atoms with E-state index in [4.69, 9.17) is 0 Å². The summed E-state index contributed by atoms with van der Waals surface area (Å²) >= 11 is 0. The zero-order valence-electron chi connectivity index (χ0n) is 14.7. The number of aryl methyl sites for hydroxylation is 2. The van der Waals surface area contributed by atoms with Crippen molar-refractivity contribution in [2.24, 2.45) is 0 Å². The van der Waals surface area contributed by atoms with Gasteiger partial charge in [-0.1, -0.05) is 30.3 Å². The molecule has 0 saturated carbocycles. The second-order valence-corrected chi connectivity index (χ2v) is 6.89. The van der Waals surface area contributed by atoms with E-state index in [1.165, 1.54) is 12.1 Å². The molecule has 2 aromatic rings. The van der Waals surface area contributed by atoms with Crippen molar-refractivity contribution in [1.82, 2.24) is 10.2 Å². The molecule has 2 N–H and O–H groups in total. The van der Waals surface area contributed by atoms with E-state index >= 15 is 0 Å². The second kappa shape index (κ2) is 6.19. The number of amides is 4. The molecule has 0 aromatic heterocycles. The van der Waals surface area contributed by atoms with Gasteiger partial charge in [-0.05, 0) is 48.6 Å². The lowest BCUT2D eigenvalue weighted by atomic mass is 9.92. The molecule has 0 bridgehead atoms. The van der Waals surface area contributed by atoms with E-state index < -0.39 is 35.7 Å². The van der Waals surface area contributed by atoms with Crippen LogP contribution in [0, 0.1) is 12.7 Å². The number of carbonyl (C=O) groups excluding carboxylic acids is 3. The summed E-state index contributed by atoms with van der Waals surface area (Å²) in [6.45, 7) is 1.30. The molecule has 4 rings (SSSR count). The number of hydrogen-bond acceptors (Lipinski definition) is 3. The van der Waals surface area contributed by atoms with Gasteiger partial charge in [0.25, 0.3) is 5.91 Å². The molecule has 1 heterocycles. The first-order valence-corrected chi connectivity index (χ1v) is 8.69. The fourth-order valence-electron chi connectivity index (χ4n) is 3.80. The summed E-state index contributed by atoms with van der Waals surface area (Å²) in [6, 6.07) is 10.9. The number of benzene rings is 2. The lowest BCUT2D eigenvalue weighted by Crippen LogP contribution is -2.43. The second-order valence-electron chi connectivity index (χ2n) is 6.89. The minimum atomic E-state index is -1.09. The van der Waals surface area contributed by atoms with E-state index in [0.29, 0.717) is 24.1 Å². The minimum Gasteiger partial charge on any atom is -0.324 e. The summed E-state index contributed by atoms with van der Waals surface area (Å²) in [5, 5.41) is 5.34. The van der Waals surface area contributed by atoms with Crippen molar-refractivity contribution < 1.29 is 18.8 Å². The molecule has 1 aliphatic heterocycles. The summed E-state index contributed by atoms with van der Waals surface area (Å²) in [5.74, 6) is -1.47. The minimum absolute atomic E-state index is 0.313. The number of imide groups is 1. The van der Waals surface area contributed by atoms with E-state index in [-0.39, 0.29) is 0 Å². The highest BCUT2D eigenvalue weighted by Crippen LogP contribution is 2.41. The van der Waals surface area contributed by atoms with Crippen LogP contribution in [0.15, 0.2) is 42.5 Å². The van der Waals surface area contributed by atoms with Gasteiger partial charge in [0.1, 0.15) is 17.9 Å². The SMILES string of the molecule is Cc1ccc(F)cc1NC(=O)CN1C(=O)NC2(CCc3ccccc32)C1=O. The third-order valence-corrected chi connectivity index (χ3v) is 5.20. The zero-order chi connectivity index (χ0) is 19.2. The monoisotopic (exact) mass is 367 g/mol. The predicted octanol–water partition coefficient (Wildman–Crippen LogP) is 2.47. The van der Waals surface area contributed by atoms with Gasteiger partial charge in [-0.25, -0.2) is 9.18 Å². The molecule has 1 aliphatic carbocycles. The number of hydrogen-bond donors (Lipinski definition) is 2. The van der Waals surface area contributed by atoms with Gasteiger partial charge in [0.2, 0.25) is 5.91 Å². The molecule has 2 aromatic carbocycles. The molecule has 27 heavy (non-hydrogen) atoms. The molecule has 4 amide bonds. The number of rotatable bonds is 3. The number of anilines is 1. The molecular formula is C20H18FN3O3. The summed E-state index contributed by atoms with van der Waals surface area (Å²) in [7, 11) is 0. The van der Waals surface area contributed by atoms with Crippen molar-refractivity contribution >= 4 is 23.5 Å². The number of carbonyl (C=O) groups is 3. The Kier molecular flexibility index (Phi) is 3.95. The van der Waals surface area contributed by atoms with Crippen molar-refractivity contribution in [3.63, 3.8) is 0 Å². The van der Waals surface area contributed by atoms with Gasteiger partial charge in [0.15, 0.2) is 0 Å². The first kappa shape index (κ1) is 17.2.